The van der Waals surface area contributed by atoms with Crippen molar-refractivity contribution in [1.29, 1.82) is 5.26 Å². The molecule has 3 heteroatoms. The molecule has 0 aliphatic carbocycles. The fourth-order valence-corrected chi connectivity index (χ4v) is 1.85. The first-order valence-electron chi connectivity index (χ1n) is 6.68. The molecular weight excluding hydrogens is 238 g/mol. The van der Waals surface area contributed by atoms with Gasteiger partial charge in [0.15, 0.2) is 0 Å². The molecule has 0 aromatic heterocycles. The van der Waals surface area contributed by atoms with Gasteiger partial charge >= 0.3 is 0 Å². The monoisotopic (exact) mass is 261 g/mol. The topological polar surface area (TPSA) is 53.2 Å². The van der Waals surface area contributed by atoms with E-state index in [-0.39, 0.29) is 5.41 Å². The van der Waals surface area contributed by atoms with Crippen molar-refractivity contribution >= 4 is 0 Å². The van der Waals surface area contributed by atoms with E-state index < -0.39 is 6.10 Å². The van der Waals surface area contributed by atoms with Gasteiger partial charge in [-0.25, -0.2) is 0 Å². The molecule has 0 saturated heterocycles. The maximum Gasteiger partial charge on any atom is 0.122 e. The van der Waals surface area contributed by atoms with Gasteiger partial charge in [-0.15, -0.1) is 0 Å². The lowest BCUT2D eigenvalue weighted by Crippen LogP contribution is -2.10. The first-order valence-corrected chi connectivity index (χ1v) is 6.68. The summed E-state index contributed by atoms with van der Waals surface area (Å²) in [6.07, 6.45) is 1.23. The second-order valence-corrected chi connectivity index (χ2v) is 5.65. The van der Waals surface area contributed by atoms with Crippen LogP contribution in [0.1, 0.15) is 50.8 Å². The quantitative estimate of drug-likeness (QED) is 0.793. The second-order valence-electron chi connectivity index (χ2n) is 5.65. The number of aliphatic hydroxyl groups excluding tert-OH is 1. The van der Waals surface area contributed by atoms with Crippen LogP contribution in [0.3, 0.4) is 0 Å². The molecular formula is C16H23NO2. The van der Waals surface area contributed by atoms with Gasteiger partial charge in [-0.05, 0) is 63.8 Å². The van der Waals surface area contributed by atoms with Crippen molar-refractivity contribution in [3.63, 3.8) is 0 Å². The molecule has 0 fully saturated rings. The third-order valence-corrected chi connectivity index (χ3v) is 3.19. The molecule has 0 amide bonds. The average Bonchev–Trinajstić information content (AvgIpc) is 2.36. The number of hydrogen-bond donors (Lipinski definition) is 1. The van der Waals surface area contributed by atoms with Gasteiger partial charge in [0.2, 0.25) is 0 Å². The van der Waals surface area contributed by atoms with E-state index >= 15 is 0 Å². The summed E-state index contributed by atoms with van der Waals surface area (Å²) in [7, 11) is 0. The Bertz CT molecular complexity index is 458. The molecule has 1 atom stereocenters. The molecule has 104 valence electrons. The summed E-state index contributed by atoms with van der Waals surface area (Å²) in [6, 6.07) is 8.01. The van der Waals surface area contributed by atoms with Crippen LogP contribution in [0.5, 0.6) is 5.75 Å². The van der Waals surface area contributed by atoms with E-state index in [9.17, 15) is 5.11 Å². The predicted molar refractivity (Wildman–Crippen MR) is 75.9 cm³/mol. The van der Waals surface area contributed by atoms with Crippen LogP contribution in [0.4, 0.5) is 0 Å². The summed E-state index contributed by atoms with van der Waals surface area (Å²) in [4.78, 5) is 0. The van der Waals surface area contributed by atoms with Crippen molar-refractivity contribution in [2.75, 3.05) is 6.61 Å². The van der Waals surface area contributed by atoms with E-state index in [2.05, 4.69) is 6.07 Å². The summed E-state index contributed by atoms with van der Waals surface area (Å²) in [5.74, 6) is 0.846. The molecule has 0 spiro atoms. The number of nitrogens with zero attached hydrogens (tertiary/aromatic N) is 1. The lowest BCUT2D eigenvalue weighted by Gasteiger charge is -2.16. The van der Waals surface area contributed by atoms with Crippen LogP contribution in [0.15, 0.2) is 18.2 Å². The lowest BCUT2D eigenvalue weighted by molar-refractivity contribution is 0.199. The van der Waals surface area contributed by atoms with Crippen LogP contribution in [0.2, 0.25) is 0 Å². The highest BCUT2D eigenvalue weighted by Gasteiger charge is 2.15. The molecule has 0 aliphatic rings. The van der Waals surface area contributed by atoms with Crippen LogP contribution >= 0.6 is 0 Å². The minimum atomic E-state index is -0.454. The highest BCUT2D eigenvalue weighted by atomic mass is 16.5. The third-order valence-electron chi connectivity index (χ3n) is 3.19. The van der Waals surface area contributed by atoms with Crippen molar-refractivity contribution in [3.8, 4) is 11.8 Å². The summed E-state index contributed by atoms with van der Waals surface area (Å²) in [6.45, 7) is 8.21. The third kappa shape index (κ3) is 4.92. The van der Waals surface area contributed by atoms with Crippen molar-refractivity contribution in [1.82, 2.24) is 0 Å². The van der Waals surface area contributed by atoms with Crippen LogP contribution < -0.4 is 4.74 Å². The molecule has 0 aliphatic heterocycles. The van der Waals surface area contributed by atoms with Gasteiger partial charge in [0.1, 0.15) is 5.75 Å². The first kappa shape index (κ1) is 15.5. The SMILES string of the molecule is Cc1cc(C(C)O)ccc1OCCCC(C)(C)C#N. The summed E-state index contributed by atoms with van der Waals surface area (Å²) in [5.41, 5.74) is 1.64. The Kier molecular flexibility index (Phi) is 5.38. The lowest BCUT2D eigenvalue weighted by atomic mass is 9.90. The van der Waals surface area contributed by atoms with Crippen molar-refractivity contribution in [2.45, 2.75) is 46.6 Å². The number of rotatable bonds is 6. The minimum Gasteiger partial charge on any atom is -0.493 e. The van der Waals surface area contributed by atoms with Crippen LogP contribution in [0.25, 0.3) is 0 Å². The molecule has 3 nitrogen and oxygen atoms in total. The zero-order valence-corrected chi connectivity index (χ0v) is 12.2. The number of hydrogen-bond acceptors (Lipinski definition) is 3. The maximum atomic E-state index is 9.50. The minimum absolute atomic E-state index is 0.283. The Morgan fingerprint density at radius 2 is 2.11 bits per heavy atom. The van der Waals surface area contributed by atoms with E-state index in [1.165, 1.54) is 0 Å². The van der Waals surface area contributed by atoms with Gasteiger partial charge in [0.25, 0.3) is 0 Å². The Balaban J connectivity index is 2.49. The van der Waals surface area contributed by atoms with Gasteiger partial charge in [0, 0.05) is 0 Å². The number of nitriles is 1. The Morgan fingerprint density at radius 3 is 2.63 bits per heavy atom. The van der Waals surface area contributed by atoms with Crippen LogP contribution in [-0.4, -0.2) is 11.7 Å². The zero-order valence-electron chi connectivity index (χ0n) is 12.2. The van der Waals surface area contributed by atoms with Crippen molar-refractivity contribution in [3.05, 3.63) is 29.3 Å². The molecule has 1 unspecified atom stereocenters. The van der Waals surface area contributed by atoms with Crippen LogP contribution in [-0.2, 0) is 0 Å². The summed E-state index contributed by atoms with van der Waals surface area (Å²) >= 11 is 0. The smallest absolute Gasteiger partial charge is 0.122 e. The van der Waals surface area contributed by atoms with E-state index in [1.807, 2.05) is 39.0 Å². The predicted octanol–water partition coefficient (Wildman–Crippen LogP) is 3.76. The molecule has 0 bridgehead atoms. The standard InChI is InChI=1S/C16H23NO2/c1-12-10-14(13(2)18)6-7-15(12)19-9-5-8-16(3,4)11-17/h6-7,10,13,18H,5,8-9H2,1-4H3. The molecule has 1 rings (SSSR count). The maximum absolute atomic E-state index is 9.50. The van der Waals surface area contributed by atoms with E-state index in [1.54, 1.807) is 6.92 Å². The molecule has 1 N–H and O–H groups in total. The number of aliphatic hydroxyl groups is 1. The van der Waals surface area contributed by atoms with Crippen molar-refractivity contribution in [2.24, 2.45) is 5.41 Å². The van der Waals surface area contributed by atoms with Gasteiger partial charge in [-0.1, -0.05) is 6.07 Å². The van der Waals surface area contributed by atoms with Crippen molar-refractivity contribution < 1.29 is 9.84 Å². The molecule has 0 saturated carbocycles. The van der Waals surface area contributed by atoms with E-state index in [0.29, 0.717) is 6.61 Å². The molecule has 0 heterocycles. The fourth-order valence-electron chi connectivity index (χ4n) is 1.85. The molecule has 1 aromatic carbocycles. The van der Waals surface area contributed by atoms with Gasteiger partial charge in [-0.3, -0.25) is 0 Å². The fraction of sp³-hybridized carbons (Fsp3) is 0.562. The second kappa shape index (κ2) is 6.58. The zero-order chi connectivity index (χ0) is 14.5. The number of aryl methyl sites for hydroxylation is 1. The van der Waals surface area contributed by atoms with Gasteiger partial charge < -0.3 is 9.84 Å². The number of ether oxygens (including phenoxy) is 1. The molecule has 0 radical (unpaired) electrons. The number of benzene rings is 1. The normalized spacial score (nSPS) is 12.8. The van der Waals surface area contributed by atoms with Gasteiger partial charge in [0.05, 0.1) is 24.2 Å². The molecule has 19 heavy (non-hydrogen) atoms. The van der Waals surface area contributed by atoms with Crippen LogP contribution in [0, 0.1) is 23.7 Å². The average molecular weight is 261 g/mol. The Labute approximate surface area is 115 Å². The van der Waals surface area contributed by atoms with E-state index in [0.717, 1.165) is 29.7 Å². The van der Waals surface area contributed by atoms with E-state index in [4.69, 9.17) is 10.00 Å². The molecule has 1 aromatic rings. The summed E-state index contributed by atoms with van der Waals surface area (Å²) in [5, 5.41) is 18.4. The highest BCUT2D eigenvalue weighted by molar-refractivity contribution is 5.36. The first-order chi connectivity index (χ1) is 8.85. The summed E-state index contributed by atoms with van der Waals surface area (Å²) < 4.78 is 5.72. The Hall–Kier alpha value is -1.53. The largest absolute Gasteiger partial charge is 0.493 e. The highest BCUT2D eigenvalue weighted by Crippen LogP contribution is 2.24. The van der Waals surface area contributed by atoms with Gasteiger partial charge in [-0.2, -0.15) is 5.26 Å². The Morgan fingerprint density at radius 1 is 1.42 bits per heavy atom.